The quantitative estimate of drug-likeness (QED) is 0.748. The van der Waals surface area contributed by atoms with E-state index in [-0.39, 0.29) is 0 Å². The van der Waals surface area contributed by atoms with E-state index in [2.05, 4.69) is 22.2 Å². The summed E-state index contributed by atoms with van der Waals surface area (Å²) in [6.07, 6.45) is 7.02. The van der Waals surface area contributed by atoms with Gasteiger partial charge in [-0.3, -0.25) is 4.98 Å². The minimum absolute atomic E-state index is 0.473. The van der Waals surface area contributed by atoms with Crippen LogP contribution < -0.4 is 11.1 Å². The summed E-state index contributed by atoms with van der Waals surface area (Å²) in [6.45, 7) is 2.28. The number of nitrogens with two attached hydrogens (primary N) is 1. The smallest absolute Gasteiger partial charge is 0.147 e. The second-order valence-corrected chi connectivity index (χ2v) is 4.09. The van der Waals surface area contributed by atoms with Crippen LogP contribution in [0.4, 0.5) is 11.6 Å². The highest BCUT2D eigenvalue weighted by Crippen LogP contribution is 2.26. The first kappa shape index (κ1) is 9.24. The number of hydrogen-bond acceptors (Lipinski definition) is 4. The van der Waals surface area contributed by atoms with Crippen molar-refractivity contribution in [2.75, 3.05) is 11.1 Å². The molecule has 1 saturated carbocycles. The van der Waals surface area contributed by atoms with Crippen LogP contribution in [0.3, 0.4) is 0 Å². The Bertz CT molecular complexity index is 313. The second-order valence-electron chi connectivity index (χ2n) is 4.09. The summed E-state index contributed by atoms with van der Waals surface area (Å²) in [4.78, 5) is 8.16. The molecule has 0 bridgehead atoms. The Morgan fingerprint density at radius 1 is 1.43 bits per heavy atom. The lowest BCUT2D eigenvalue weighted by Gasteiger charge is -2.12. The molecule has 1 aromatic rings. The molecular formula is C10H16N4. The molecule has 1 heterocycles. The van der Waals surface area contributed by atoms with Crippen LogP contribution in [0, 0.1) is 5.92 Å². The third kappa shape index (κ3) is 2.13. The fourth-order valence-electron chi connectivity index (χ4n) is 2.00. The Hall–Kier alpha value is -1.32. The molecule has 76 valence electrons. The molecule has 0 aliphatic heterocycles. The average molecular weight is 192 g/mol. The third-order valence-corrected chi connectivity index (χ3v) is 2.70. The molecule has 0 spiro atoms. The van der Waals surface area contributed by atoms with Crippen molar-refractivity contribution >= 4 is 11.6 Å². The molecule has 14 heavy (non-hydrogen) atoms. The van der Waals surface area contributed by atoms with Gasteiger partial charge in [0.15, 0.2) is 0 Å². The minimum Gasteiger partial charge on any atom is -0.382 e. The zero-order chi connectivity index (χ0) is 9.97. The van der Waals surface area contributed by atoms with Crippen molar-refractivity contribution in [1.29, 1.82) is 0 Å². The first-order chi connectivity index (χ1) is 6.74. The monoisotopic (exact) mass is 192 g/mol. The molecule has 3 N–H and O–H groups in total. The zero-order valence-electron chi connectivity index (χ0n) is 8.40. The van der Waals surface area contributed by atoms with Crippen LogP contribution in [0.1, 0.15) is 26.2 Å². The van der Waals surface area contributed by atoms with Gasteiger partial charge >= 0.3 is 0 Å². The van der Waals surface area contributed by atoms with Gasteiger partial charge in [0.25, 0.3) is 0 Å². The van der Waals surface area contributed by atoms with E-state index in [1.807, 2.05) is 0 Å². The van der Waals surface area contributed by atoms with E-state index in [0.29, 0.717) is 11.9 Å². The molecule has 0 saturated heterocycles. The van der Waals surface area contributed by atoms with Crippen LogP contribution in [-0.4, -0.2) is 16.0 Å². The Balaban J connectivity index is 1.97. The summed E-state index contributed by atoms with van der Waals surface area (Å²) in [7, 11) is 0. The van der Waals surface area contributed by atoms with Crippen molar-refractivity contribution in [2.24, 2.45) is 5.92 Å². The zero-order valence-corrected chi connectivity index (χ0v) is 8.40. The maximum atomic E-state index is 5.55. The summed E-state index contributed by atoms with van der Waals surface area (Å²) >= 11 is 0. The molecule has 4 nitrogen and oxygen atoms in total. The molecule has 1 fully saturated rings. The van der Waals surface area contributed by atoms with E-state index in [4.69, 9.17) is 5.73 Å². The van der Waals surface area contributed by atoms with Crippen molar-refractivity contribution in [3.05, 3.63) is 12.4 Å². The summed E-state index contributed by atoms with van der Waals surface area (Å²) in [5.74, 6) is 2.09. The van der Waals surface area contributed by atoms with E-state index >= 15 is 0 Å². The number of nitrogens with one attached hydrogen (secondary N) is 1. The highest BCUT2D eigenvalue weighted by molar-refractivity contribution is 5.39. The molecule has 0 aromatic carbocycles. The third-order valence-electron chi connectivity index (χ3n) is 2.70. The Morgan fingerprint density at radius 2 is 2.29 bits per heavy atom. The lowest BCUT2D eigenvalue weighted by Crippen LogP contribution is -2.16. The van der Waals surface area contributed by atoms with Crippen LogP contribution in [0.5, 0.6) is 0 Å². The lowest BCUT2D eigenvalue weighted by molar-refractivity contribution is 0.602. The van der Waals surface area contributed by atoms with Crippen molar-refractivity contribution in [3.8, 4) is 0 Å². The Morgan fingerprint density at radius 3 is 2.93 bits per heavy atom. The van der Waals surface area contributed by atoms with Gasteiger partial charge in [-0.25, -0.2) is 4.98 Å². The van der Waals surface area contributed by atoms with Crippen LogP contribution in [0.2, 0.25) is 0 Å². The van der Waals surface area contributed by atoms with Gasteiger partial charge in [0, 0.05) is 6.04 Å². The number of nitrogen functional groups attached to an aromatic ring is 1. The molecule has 2 atom stereocenters. The SMILES string of the molecule is CC1CCC(Nc2cncc(N)n2)C1. The lowest BCUT2D eigenvalue weighted by atomic mass is 10.1. The van der Waals surface area contributed by atoms with Crippen molar-refractivity contribution < 1.29 is 0 Å². The molecule has 2 rings (SSSR count). The molecule has 1 aliphatic rings. The summed E-state index contributed by atoms with van der Waals surface area (Å²) in [6, 6.07) is 0.543. The topological polar surface area (TPSA) is 63.8 Å². The maximum Gasteiger partial charge on any atom is 0.147 e. The predicted octanol–water partition coefficient (Wildman–Crippen LogP) is 1.66. The van der Waals surface area contributed by atoms with Gasteiger partial charge < -0.3 is 11.1 Å². The van der Waals surface area contributed by atoms with Gasteiger partial charge in [-0.05, 0) is 25.2 Å². The van der Waals surface area contributed by atoms with Gasteiger partial charge in [0.2, 0.25) is 0 Å². The maximum absolute atomic E-state index is 5.55. The van der Waals surface area contributed by atoms with Crippen molar-refractivity contribution in [2.45, 2.75) is 32.2 Å². The Labute approximate surface area is 83.9 Å². The van der Waals surface area contributed by atoms with Crippen molar-refractivity contribution in [1.82, 2.24) is 9.97 Å². The van der Waals surface area contributed by atoms with E-state index in [9.17, 15) is 0 Å². The minimum atomic E-state index is 0.473. The number of anilines is 2. The predicted molar refractivity (Wildman–Crippen MR) is 56.9 cm³/mol. The Kier molecular flexibility index (Phi) is 2.52. The standard InChI is InChI=1S/C10H16N4/c1-7-2-3-8(4-7)13-10-6-12-5-9(11)14-10/h5-8H,2-4H2,1H3,(H3,11,13,14). The number of rotatable bonds is 2. The molecular weight excluding hydrogens is 176 g/mol. The van der Waals surface area contributed by atoms with E-state index < -0.39 is 0 Å². The number of aromatic nitrogens is 2. The van der Waals surface area contributed by atoms with Crippen LogP contribution in [0.25, 0.3) is 0 Å². The fourth-order valence-corrected chi connectivity index (χ4v) is 2.00. The van der Waals surface area contributed by atoms with E-state index in [0.717, 1.165) is 11.7 Å². The van der Waals surface area contributed by atoms with Gasteiger partial charge in [0.1, 0.15) is 11.6 Å². The van der Waals surface area contributed by atoms with Gasteiger partial charge in [-0.2, -0.15) is 0 Å². The fraction of sp³-hybridized carbons (Fsp3) is 0.600. The van der Waals surface area contributed by atoms with Crippen LogP contribution in [-0.2, 0) is 0 Å². The molecule has 1 aromatic heterocycles. The van der Waals surface area contributed by atoms with Gasteiger partial charge in [-0.15, -0.1) is 0 Å². The summed E-state index contributed by atoms with van der Waals surface area (Å²) < 4.78 is 0. The van der Waals surface area contributed by atoms with Gasteiger partial charge in [-0.1, -0.05) is 6.92 Å². The normalized spacial score (nSPS) is 26.4. The van der Waals surface area contributed by atoms with Gasteiger partial charge in [0.05, 0.1) is 12.4 Å². The van der Waals surface area contributed by atoms with Crippen LogP contribution in [0.15, 0.2) is 12.4 Å². The molecule has 4 heteroatoms. The summed E-state index contributed by atoms with van der Waals surface area (Å²) in [5.41, 5.74) is 5.55. The number of hydrogen-bond donors (Lipinski definition) is 2. The highest BCUT2D eigenvalue weighted by atomic mass is 15.1. The molecule has 0 radical (unpaired) electrons. The largest absolute Gasteiger partial charge is 0.382 e. The first-order valence-corrected chi connectivity index (χ1v) is 5.08. The highest BCUT2D eigenvalue weighted by Gasteiger charge is 2.21. The molecule has 2 unspecified atom stereocenters. The van der Waals surface area contributed by atoms with Crippen molar-refractivity contribution in [3.63, 3.8) is 0 Å². The molecule has 0 amide bonds. The van der Waals surface area contributed by atoms with E-state index in [1.165, 1.54) is 19.3 Å². The number of nitrogens with zero attached hydrogens (tertiary/aromatic N) is 2. The summed E-state index contributed by atoms with van der Waals surface area (Å²) in [5, 5.41) is 3.36. The first-order valence-electron chi connectivity index (χ1n) is 5.08. The van der Waals surface area contributed by atoms with Crippen LogP contribution >= 0.6 is 0 Å². The second kappa shape index (κ2) is 3.82. The van der Waals surface area contributed by atoms with E-state index in [1.54, 1.807) is 12.4 Å². The molecule has 1 aliphatic carbocycles. The average Bonchev–Trinajstić information content (AvgIpc) is 2.51.